The first-order valence-electron chi connectivity index (χ1n) is 9.28. The molecule has 0 atom stereocenters. The maximum Gasteiger partial charge on any atom is 0.335 e. The second kappa shape index (κ2) is 6.94. The monoisotopic (exact) mass is 352 g/mol. The molecule has 0 aromatic carbocycles. The van der Waals surface area contributed by atoms with Gasteiger partial charge in [0.1, 0.15) is 0 Å². The van der Waals surface area contributed by atoms with Crippen LogP contribution in [0, 0.1) is 0 Å². The molecule has 6 nitrogen and oxygen atoms in total. The Balaban J connectivity index is 1.57. The van der Waals surface area contributed by atoms with Crippen LogP contribution in [0.1, 0.15) is 56.8 Å². The van der Waals surface area contributed by atoms with Crippen molar-refractivity contribution in [1.29, 1.82) is 0 Å². The molecule has 2 aromatic heterocycles. The largest absolute Gasteiger partial charge is 0.463 e. The smallest absolute Gasteiger partial charge is 0.335 e. The Labute approximate surface area is 153 Å². The number of hydrogen-bond donors (Lipinski definition) is 0. The van der Waals surface area contributed by atoms with Gasteiger partial charge in [0.15, 0.2) is 5.65 Å². The van der Waals surface area contributed by atoms with Crippen molar-refractivity contribution in [2.45, 2.75) is 52.0 Å². The summed E-state index contributed by atoms with van der Waals surface area (Å²) in [6, 6.07) is 4.12. The lowest BCUT2D eigenvalue weighted by atomic mass is 10.1. The summed E-state index contributed by atoms with van der Waals surface area (Å²) in [5, 5.41) is 4.68. The number of ether oxygens (including phenoxy) is 1. The highest BCUT2D eigenvalue weighted by molar-refractivity contribution is 5.88. The summed E-state index contributed by atoms with van der Waals surface area (Å²) in [7, 11) is 0. The molecule has 0 amide bonds. The zero-order chi connectivity index (χ0) is 18.1. The molecule has 2 aromatic rings. The number of hydrogen-bond acceptors (Lipinski definition) is 5. The lowest BCUT2D eigenvalue weighted by molar-refractivity contribution is -0.138. The van der Waals surface area contributed by atoms with Crippen molar-refractivity contribution in [2.75, 3.05) is 6.61 Å². The molecule has 0 saturated heterocycles. The molecule has 0 N–H and O–H groups in total. The number of fused-ring (bicyclic) bond motifs is 1. The highest BCUT2D eigenvalue weighted by atomic mass is 16.5. The van der Waals surface area contributed by atoms with Crippen LogP contribution >= 0.6 is 0 Å². The summed E-state index contributed by atoms with van der Waals surface area (Å²) in [6.07, 6.45) is 9.99. The fraction of sp³-hybridized carbons (Fsp3) is 0.450. The van der Waals surface area contributed by atoms with Gasteiger partial charge in [0, 0.05) is 18.3 Å². The molecule has 136 valence electrons. The standard InChI is InChI=1S/C20H24N4O2/c1-3-26-20(25)16-5-4-14(2)10-23(11-16)12-17-13-24-19(21-17)9-8-18(22-24)15-6-7-15/h8-11,13,15H,3-7,12H2,1-2H3. The Morgan fingerprint density at radius 3 is 2.88 bits per heavy atom. The molecule has 1 saturated carbocycles. The van der Waals surface area contributed by atoms with E-state index in [9.17, 15) is 4.79 Å². The Morgan fingerprint density at radius 1 is 1.27 bits per heavy atom. The maximum atomic E-state index is 12.1. The normalized spacial score (nSPS) is 17.7. The second-order valence-electron chi connectivity index (χ2n) is 7.09. The van der Waals surface area contributed by atoms with Gasteiger partial charge in [-0.15, -0.1) is 0 Å². The van der Waals surface area contributed by atoms with Gasteiger partial charge < -0.3 is 9.64 Å². The van der Waals surface area contributed by atoms with Crippen molar-refractivity contribution in [3.05, 3.63) is 53.3 Å². The van der Waals surface area contributed by atoms with Crippen LogP contribution in [0.2, 0.25) is 0 Å². The Kier molecular flexibility index (Phi) is 4.49. The Bertz CT molecular complexity index is 892. The van der Waals surface area contributed by atoms with Crippen molar-refractivity contribution in [1.82, 2.24) is 19.5 Å². The van der Waals surface area contributed by atoms with Gasteiger partial charge in [-0.3, -0.25) is 0 Å². The predicted molar refractivity (Wildman–Crippen MR) is 98.2 cm³/mol. The summed E-state index contributed by atoms with van der Waals surface area (Å²) in [4.78, 5) is 18.8. The molecule has 4 rings (SSSR count). The number of rotatable bonds is 5. The third-order valence-electron chi connectivity index (χ3n) is 4.76. The van der Waals surface area contributed by atoms with Crippen LogP contribution in [-0.4, -0.2) is 32.1 Å². The zero-order valence-electron chi connectivity index (χ0n) is 15.3. The summed E-state index contributed by atoms with van der Waals surface area (Å²) >= 11 is 0. The van der Waals surface area contributed by atoms with Gasteiger partial charge in [0.2, 0.25) is 0 Å². The third-order valence-corrected chi connectivity index (χ3v) is 4.76. The minimum atomic E-state index is -0.230. The average Bonchev–Trinajstić information content (AvgIpc) is 3.40. The lowest BCUT2D eigenvalue weighted by Gasteiger charge is -2.15. The SMILES string of the molecule is CCOC(=O)C1=CN(Cc2cn3nc(C4CC4)ccc3n2)C=C(C)CC1. The minimum Gasteiger partial charge on any atom is -0.463 e. The van der Waals surface area contributed by atoms with Gasteiger partial charge in [-0.25, -0.2) is 14.3 Å². The summed E-state index contributed by atoms with van der Waals surface area (Å²) in [5.41, 5.74) is 4.87. The lowest BCUT2D eigenvalue weighted by Crippen LogP contribution is -2.14. The van der Waals surface area contributed by atoms with E-state index >= 15 is 0 Å². The van der Waals surface area contributed by atoms with Crippen molar-refractivity contribution in [3.8, 4) is 0 Å². The van der Waals surface area contributed by atoms with Gasteiger partial charge in [0.05, 0.1) is 36.3 Å². The first-order valence-corrected chi connectivity index (χ1v) is 9.28. The molecule has 0 unspecified atom stereocenters. The maximum absolute atomic E-state index is 12.1. The van der Waals surface area contributed by atoms with Crippen molar-refractivity contribution < 1.29 is 9.53 Å². The van der Waals surface area contributed by atoms with Crippen molar-refractivity contribution >= 4 is 11.6 Å². The minimum absolute atomic E-state index is 0.230. The fourth-order valence-electron chi connectivity index (χ4n) is 3.26. The van der Waals surface area contributed by atoms with E-state index in [-0.39, 0.29) is 5.97 Å². The van der Waals surface area contributed by atoms with Gasteiger partial charge in [-0.2, -0.15) is 5.10 Å². The molecule has 3 heterocycles. The predicted octanol–water partition coefficient (Wildman–Crippen LogP) is 3.55. The Morgan fingerprint density at radius 2 is 2.12 bits per heavy atom. The van der Waals surface area contributed by atoms with Crippen molar-refractivity contribution in [2.24, 2.45) is 0 Å². The second-order valence-corrected chi connectivity index (χ2v) is 7.09. The zero-order valence-corrected chi connectivity index (χ0v) is 15.3. The topological polar surface area (TPSA) is 59.7 Å². The fourth-order valence-corrected chi connectivity index (χ4v) is 3.26. The van der Waals surface area contributed by atoms with Crippen LogP contribution in [0.3, 0.4) is 0 Å². The highest BCUT2D eigenvalue weighted by Crippen LogP contribution is 2.38. The molecule has 2 aliphatic rings. The molecule has 1 fully saturated rings. The molecular formula is C20H24N4O2. The van der Waals surface area contributed by atoms with Gasteiger partial charge in [-0.1, -0.05) is 5.57 Å². The molecule has 0 spiro atoms. The van der Waals surface area contributed by atoms with E-state index in [1.807, 2.05) is 34.8 Å². The van der Waals surface area contributed by atoms with Gasteiger partial charge >= 0.3 is 5.97 Å². The molecule has 1 aliphatic carbocycles. The Hall–Kier alpha value is -2.63. The van der Waals surface area contributed by atoms with Crippen LogP contribution in [-0.2, 0) is 16.1 Å². The van der Waals surface area contributed by atoms with E-state index in [4.69, 9.17) is 4.74 Å². The molecule has 0 radical (unpaired) electrons. The van der Waals surface area contributed by atoms with E-state index in [1.54, 1.807) is 0 Å². The summed E-state index contributed by atoms with van der Waals surface area (Å²) < 4.78 is 7.04. The van der Waals surface area contributed by atoms with Crippen LogP contribution in [0.15, 0.2) is 41.9 Å². The molecule has 26 heavy (non-hydrogen) atoms. The number of imidazole rings is 1. The van der Waals surface area contributed by atoms with Crippen molar-refractivity contribution in [3.63, 3.8) is 0 Å². The number of carbonyl (C=O) groups is 1. The molecule has 6 heteroatoms. The number of carbonyl (C=O) groups excluding carboxylic acids is 1. The number of nitrogens with zero attached hydrogens (tertiary/aromatic N) is 4. The summed E-state index contributed by atoms with van der Waals surface area (Å²) in [6.45, 7) is 4.91. The third kappa shape index (κ3) is 3.64. The van der Waals surface area contributed by atoms with E-state index in [0.717, 1.165) is 23.5 Å². The molecule has 1 aliphatic heterocycles. The van der Waals surface area contributed by atoms with Gasteiger partial charge in [-0.05, 0) is 51.7 Å². The van der Waals surface area contributed by atoms with E-state index in [2.05, 4.69) is 29.3 Å². The number of aromatic nitrogens is 3. The highest BCUT2D eigenvalue weighted by Gasteiger charge is 2.25. The van der Waals surface area contributed by atoms with Gasteiger partial charge in [0.25, 0.3) is 0 Å². The van der Waals surface area contributed by atoms with Crippen LogP contribution in [0.25, 0.3) is 5.65 Å². The average molecular weight is 352 g/mol. The molecule has 0 bridgehead atoms. The number of allylic oxidation sites excluding steroid dienone is 1. The van der Waals surface area contributed by atoms with Crippen LogP contribution in [0.5, 0.6) is 0 Å². The quantitative estimate of drug-likeness (QED) is 0.770. The first-order chi connectivity index (χ1) is 12.6. The molecular weight excluding hydrogens is 328 g/mol. The van der Waals surface area contributed by atoms with Crippen LogP contribution in [0.4, 0.5) is 0 Å². The van der Waals surface area contributed by atoms with Crippen LogP contribution < -0.4 is 0 Å². The first kappa shape index (κ1) is 16.8. The van der Waals surface area contributed by atoms with E-state index in [1.165, 1.54) is 18.4 Å². The van der Waals surface area contributed by atoms with E-state index < -0.39 is 0 Å². The number of esters is 1. The van der Waals surface area contributed by atoms with E-state index in [0.29, 0.717) is 31.1 Å². The summed E-state index contributed by atoms with van der Waals surface area (Å²) in [5.74, 6) is 0.392.